The second-order valence-corrected chi connectivity index (χ2v) is 11.1. The van der Waals surface area contributed by atoms with Crippen LogP contribution in [0.5, 0.6) is 0 Å². The van der Waals surface area contributed by atoms with Gasteiger partial charge in [-0.15, -0.1) is 0 Å². The summed E-state index contributed by atoms with van der Waals surface area (Å²) < 4.78 is 0. The minimum atomic E-state index is 0.915. The minimum absolute atomic E-state index is 0.915. The molecule has 1 fully saturated rings. The molecule has 1 aliphatic heterocycles. The molecule has 8 nitrogen and oxygen atoms in total. The van der Waals surface area contributed by atoms with E-state index in [1.54, 1.807) is 0 Å². The Kier molecular flexibility index (Phi) is 9.85. The molecular weight excluding hydrogens is 520 g/mol. The first-order valence-electron chi connectivity index (χ1n) is 15.2. The Morgan fingerprint density at radius 1 is 0.381 bits per heavy atom. The summed E-state index contributed by atoms with van der Waals surface area (Å²) in [6.45, 7) is 15.9. The van der Waals surface area contributed by atoms with Gasteiger partial charge < -0.3 is 19.6 Å². The van der Waals surface area contributed by atoms with Crippen molar-refractivity contribution < 1.29 is 0 Å². The zero-order valence-corrected chi connectivity index (χ0v) is 25.6. The van der Waals surface area contributed by atoms with Crippen molar-refractivity contribution in [1.82, 2.24) is 19.9 Å². The lowest BCUT2D eigenvalue weighted by atomic mass is 10.2. The van der Waals surface area contributed by atoms with Crippen molar-refractivity contribution in [2.45, 2.75) is 40.5 Å². The van der Waals surface area contributed by atoms with Crippen molar-refractivity contribution in [2.75, 3.05) is 72.0 Å². The number of aromatic nitrogens is 4. The van der Waals surface area contributed by atoms with E-state index in [-0.39, 0.29) is 0 Å². The molecule has 220 valence electrons. The van der Waals surface area contributed by atoms with Crippen LogP contribution in [0, 0.1) is 27.7 Å². The molecule has 0 atom stereocenters. The second kappa shape index (κ2) is 14.1. The van der Waals surface area contributed by atoms with E-state index in [4.69, 9.17) is 0 Å². The lowest BCUT2D eigenvalue weighted by Crippen LogP contribution is -2.42. The molecule has 0 aliphatic carbocycles. The van der Waals surface area contributed by atoms with Gasteiger partial charge in [0.1, 0.15) is 0 Å². The average molecular weight is 565 g/mol. The third-order valence-electron chi connectivity index (χ3n) is 8.27. The van der Waals surface area contributed by atoms with Gasteiger partial charge in [-0.1, -0.05) is 0 Å². The molecule has 1 saturated heterocycles. The van der Waals surface area contributed by atoms with Crippen LogP contribution in [0.15, 0.2) is 73.3 Å². The summed E-state index contributed by atoms with van der Waals surface area (Å²) >= 11 is 0. The van der Waals surface area contributed by atoms with E-state index in [9.17, 15) is 0 Å². The third-order valence-corrected chi connectivity index (χ3v) is 8.27. The van der Waals surface area contributed by atoms with E-state index >= 15 is 0 Å². The predicted octanol–water partition coefficient (Wildman–Crippen LogP) is 5.62. The van der Waals surface area contributed by atoms with Crippen molar-refractivity contribution in [2.24, 2.45) is 0 Å². The number of rotatable bonds is 4. The molecule has 5 rings (SSSR count). The number of hydrogen-bond donors (Lipinski definition) is 0. The standard InChI is InChI=1S/C34H44N8/c1-27-31(11-5-15-35-27)39-19-9-20-41(33-13-7-17-37-29(33)3)25-26-42(34-14-8-18-38-30(34)4)22-10-21-40(24-23-39)32-12-6-16-36-28(32)2/h5-8,11-18H,9-10,19-26H2,1-4H3. The fourth-order valence-corrected chi connectivity index (χ4v) is 6.04. The zero-order valence-electron chi connectivity index (χ0n) is 25.6. The van der Waals surface area contributed by atoms with Crippen molar-refractivity contribution in [1.29, 1.82) is 0 Å². The highest BCUT2D eigenvalue weighted by molar-refractivity contribution is 5.54. The SMILES string of the molecule is Cc1ncccc1N1CCCN(c2cccnc2C)CCN(c2cccnc2C)CCCN(c2cccnc2C)CC1. The topological polar surface area (TPSA) is 64.5 Å². The highest BCUT2D eigenvalue weighted by atomic mass is 15.2. The maximum Gasteiger partial charge on any atom is 0.0605 e. The fraction of sp³-hybridized carbons (Fsp3) is 0.412. The van der Waals surface area contributed by atoms with E-state index < -0.39 is 0 Å². The highest BCUT2D eigenvalue weighted by Crippen LogP contribution is 2.24. The van der Waals surface area contributed by atoms with Crippen molar-refractivity contribution in [3.05, 3.63) is 96.1 Å². The lowest BCUT2D eigenvalue weighted by Gasteiger charge is -2.35. The van der Waals surface area contributed by atoms with Crippen LogP contribution in [0.4, 0.5) is 22.7 Å². The van der Waals surface area contributed by atoms with Gasteiger partial charge in [0.2, 0.25) is 0 Å². The van der Waals surface area contributed by atoms with Gasteiger partial charge >= 0.3 is 0 Å². The molecule has 8 heteroatoms. The first-order chi connectivity index (χ1) is 20.5. The molecule has 4 aromatic rings. The number of aryl methyl sites for hydroxylation is 4. The van der Waals surface area contributed by atoms with Gasteiger partial charge in [-0.05, 0) is 89.1 Å². The Morgan fingerprint density at radius 3 is 0.833 bits per heavy atom. The lowest BCUT2D eigenvalue weighted by molar-refractivity contribution is 0.629. The summed E-state index contributed by atoms with van der Waals surface area (Å²) in [5.74, 6) is 0. The minimum Gasteiger partial charge on any atom is -0.368 e. The van der Waals surface area contributed by atoms with E-state index in [1.807, 2.05) is 24.8 Å². The largest absolute Gasteiger partial charge is 0.368 e. The van der Waals surface area contributed by atoms with Crippen LogP contribution < -0.4 is 19.6 Å². The Bertz CT molecular complexity index is 1220. The van der Waals surface area contributed by atoms with Gasteiger partial charge in [-0.3, -0.25) is 19.9 Å². The Labute approximate surface area is 251 Å². The van der Waals surface area contributed by atoms with Gasteiger partial charge in [-0.25, -0.2) is 0 Å². The van der Waals surface area contributed by atoms with Crippen LogP contribution in [-0.2, 0) is 0 Å². The average Bonchev–Trinajstić information content (AvgIpc) is 2.99. The van der Waals surface area contributed by atoms with Crippen molar-refractivity contribution in [3.63, 3.8) is 0 Å². The smallest absolute Gasteiger partial charge is 0.0605 e. The quantitative estimate of drug-likeness (QED) is 0.317. The first-order valence-corrected chi connectivity index (χ1v) is 15.2. The van der Waals surface area contributed by atoms with Crippen molar-refractivity contribution >= 4 is 22.7 Å². The van der Waals surface area contributed by atoms with Gasteiger partial charge in [0, 0.05) is 77.1 Å². The molecule has 5 heterocycles. The molecule has 0 bridgehead atoms. The normalized spacial score (nSPS) is 15.9. The molecule has 42 heavy (non-hydrogen) atoms. The zero-order chi connectivity index (χ0) is 29.3. The van der Waals surface area contributed by atoms with Gasteiger partial charge in [0.15, 0.2) is 0 Å². The van der Waals surface area contributed by atoms with Crippen LogP contribution in [0.1, 0.15) is 35.6 Å². The maximum atomic E-state index is 4.63. The van der Waals surface area contributed by atoms with Crippen molar-refractivity contribution in [3.8, 4) is 0 Å². The summed E-state index contributed by atoms with van der Waals surface area (Å²) in [6.07, 6.45) is 9.60. The number of hydrogen-bond acceptors (Lipinski definition) is 8. The second-order valence-electron chi connectivity index (χ2n) is 11.1. The molecule has 0 radical (unpaired) electrons. The molecule has 4 aromatic heterocycles. The van der Waals surface area contributed by atoms with Gasteiger partial charge in [0.25, 0.3) is 0 Å². The Balaban J connectivity index is 1.46. The Morgan fingerprint density at radius 2 is 0.619 bits per heavy atom. The van der Waals surface area contributed by atoms with Gasteiger partial charge in [0.05, 0.1) is 45.5 Å². The summed E-state index contributed by atoms with van der Waals surface area (Å²) in [6, 6.07) is 17.1. The van der Waals surface area contributed by atoms with E-state index in [0.29, 0.717) is 0 Å². The molecule has 0 amide bonds. The van der Waals surface area contributed by atoms with Crippen LogP contribution in [0.2, 0.25) is 0 Å². The number of anilines is 4. The molecule has 0 N–H and O–H groups in total. The monoisotopic (exact) mass is 564 g/mol. The number of pyridine rings is 4. The summed E-state index contributed by atoms with van der Waals surface area (Å²) in [4.78, 5) is 28.6. The highest BCUT2D eigenvalue weighted by Gasteiger charge is 2.19. The number of nitrogens with zero attached hydrogens (tertiary/aromatic N) is 8. The molecule has 0 unspecified atom stereocenters. The molecule has 0 saturated carbocycles. The molecule has 0 spiro atoms. The summed E-state index contributed by atoms with van der Waals surface area (Å²) in [5.41, 5.74) is 9.17. The molecular formula is C34H44N8. The maximum absolute atomic E-state index is 4.63. The van der Waals surface area contributed by atoms with Crippen LogP contribution in [0.25, 0.3) is 0 Å². The van der Waals surface area contributed by atoms with E-state index in [0.717, 1.165) is 88.0 Å². The first kappa shape index (κ1) is 29.3. The predicted molar refractivity (Wildman–Crippen MR) is 174 cm³/mol. The van der Waals surface area contributed by atoms with Crippen LogP contribution >= 0.6 is 0 Å². The van der Waals surface area contributed by atoms with Crippen LogP contribution in [0.3, 0.4) is 0 Å². The molecule has 1 aliphatic rings. The van der Waals surface area contributed by atoms with E-state index in [1.165, 1.54) is 22.7 Å². The third kappa shape index (κ3) is 7.16. The van der Waals surface area contributed by atoms with E-state index in [2.05, 4.69) is 116 Å². The fourth-order valence-electron chi connectivity index (χ4n) is 6.04. The molecule has 0 aromatic carbocycles. The van der Waals surface area contributed by atoms with Gasteiger partial charge in [-0.2, -0.15) is 0 Å². The Hall–Kier alpha value is -4.20. The van der Waals surface area contributed by atoms with Crippen LogP contribution in [-0.4, -0.2) is 72.3 Å². The summed E-state index contributed by atoms with van der Waals surface area (Å²) in [5, 5.41) is 0. The summed E-state index contributed by atoms with van der Waals surface area (Å²) in [7, 11) is 0.